The van der Waals surface area contributed by atoms with E-state index in [0.717, 1.165) is 12.5 Å². The average molecular weight is 168 g/mol. The van der Waals surface area contributed by atoms with Gasteiger partial charge in [0.25, 0.3) is 0 Å². The molecule has 3 heteroatoms. The van der Waals surface area contributed by atoms with Crippen molar-refractivity contribution < 1.29 is 4.79 Å². The van der Waals surface area contributed by atoms with Crippen molar-refractivity contribution in [2.45, 2.75) is 19.8 Å². The third-order valence-electron chi connectivity index (χ3n) is 2.05. The van der Waals surface area contributed by atoms with E-state index in [1.807, 2.05) is 18.1 Å². The summed E-state index contributed by atoms with van der Waals surface area (Å²) in [6.07, 6.45) is 4.47. The number of carbonyl (C=O) groups excluding carboxylic acids is 1. The van der Waals surface area contributed by atoms with Gasteiger partial charge in [-0.1, -0.05) is 0 Å². The molecule has 1 saturated carbocycles. The van der Waals surface area contributed by atoms with Gasteiger partial charge < -0.3 is 10.6 Å². The van der Waals surface area contributed by atoms with Crippen LogP contribution in [0.2, 0.25) is 0 Å². The Labute approximate surface area is 73.2 Å². The Morgan fingerprint density at radius 1 is 1.67 bits per heavy atom. The van der Waals surface area contributed by atoms with Gasteiger partial charge in [-0.05, 0) is 25.7 Å². The topological polar surface area (TPSA) is 46.3 Å². The second kappa shape index (κ2) is 3.61. The smallest absolute Gasteiger partial charge is 0.245 e. The van der Waals surface area contributed by atoms with E-state index in [2.05, 4.69) is 0 Å². The summed E-state index contributed by atoms with van der Waals surface area (Å²) >= 11 is 0. The molecule has 1 aliphatic carbocycles. The standard InChI is InChI=1S/C9H16N2O/c1-7(9(10)12)5-11(2)6-8-3-4-8/h5,8H,3-4,6H2,1-2H3,(H2,10,12)/b7-5+. The van der Waals surface area contributed by atoms with Crippen LogP contribution in [0.25, 0.3) is 0 Å². The lowest BCUT2D eigenvalue weighted by molar-refractivity contribution is -0.114. The van der Waals surface area contributed by atoms with Crippen molar-refractivity contribution in [3.63, 3.8) is 0 Å². The molecule has 12 heavy (non-hydrogen) atoms. The summed E-state index contributed by atoms with van der Waals surface area (Å²) < 4.78 is 0. The van der Waals surface area contributed by atoms with E-state index in [-0.39, 0.29) is 5.91 Å². The first-order chi connectivity index (χ1) is 5.59. The minimum Gasteiger partial charge on any atom is -0.380 e. The van der Waals surface area contributed by atoms with E-state index in [4.69, 9.17) is 5.73 Å². The minimum absolute atomic E-state index is 0.336. The average Bonchev–Trinajstić information content (AvgIpc) is 2.71. The van der Waals surface area contributed by atoms with Crippen molar-refractivity contribution in [1.29, 1.82) is 0 Å². The number of primary amides is 1. The Bertz CT molecular complexity index is 207. The van der Waals surface area contributed by atoms with Crippen molar-refractivity contribution in [2.75, 3.05) is 13.6 Å². The maximum Gasteiger partial charge on any atom is 0.245 e. The summed E-state index contributed by atoms with van der Waals surface area (Å²) in [5.41, 5.74) is 5.72. The van der Waals surface area contributed by atoms with Crippen LogP contribution in [0.5, 0.6) is 0 Å². The Hall–Kier alpha value is -0.990. The summed E-state index contributed by atoms with van der Waals surface area (Å²) in [5, 5.41) is 0. The van der Waals surface area contributed by atoms with Gasteiger partial charge in [-0.15, -0.1) is 0 Å². The van der Waals surface area contributed by atoms with Crippen LogP contribution >= 0.6 is 0 Å². The van der Waals surface area contributed by atoms with Gasteiger partial charge in [0.1, 0.15) is 0 Å². The molecule has 0 radical (unpaired) electrons. The summed E-state index contributed by atoms with van der Waals surface area (Å²) in [6.45, 7) is 2.79. The minimum atomic E-state index is -0.336. The monoisotopic (exact) mass is 168 g/mol. The molecule has 2 N–H and O–H groups in total. The molecule has 0 aromatic heterocycles. The summed E-state index contributed by atoms with van der Waals surface area (Å²) in [4.78, 5) is 12.7. The third-order valence-corrected chi connectivity index (χ3v) is 2.05. The first-order valence-corrected chi connectivity index (χ1v) is 4.28. The molecule has 1 amide bonds. The molecule has 0 heterocycles. The highest BCUT2D eigenvalue weighted by molar-refractivity contribution is 5.91. The molecule has 0 saturated heterocycles. The predicted molar refractivity (Wildman–Crippen MR) is 48.3 cm³/mol. The fourth-order valence-corrected chi connectivity index (χ4v) is 1.15. The predicted octanol–water partition coefficient (Wildman–Crippen LogP) is 0.717. The van der Waals surface area contributed by atoms with Crippen LogP contribution in [0.4, 0.5) is 0 Å². The van der Waals surface area contributed by atoms with E-state index in [9.17, 15) is 4.79 Å². The van der Waals surface area contributed by atoms with Crippen LogP contribution in [0.1, 0.15) is 19.8 Å². The molecule has 1 rings (SSSR count). The van der Waals surface area contributed by atoms with Crippen LogP contribution in [-0.4, -0.2) is 24.4 Å². The van der Waals surface area contributed by atoms with Gasteiger partial charge in [-0.2, -0.15) is 0 Å². The molecule has 1 fully saturated rings. The molecule has 0 atom stereocenters. The molecule has 68 valence electrons. The fraction of sp³-hybridized carbons (Fsp3) is 0.667. The van der Waals surface area contributed by atoms with Gasteiger partial charge >= 0.3 is 0 Å². The Morgan fingerprint density at radius 2 is 2.25 bits per heavy atom. The number of hydrogen-bond acceptors (Lipinski definition) is 2. The van der Waals surface area contributed by atoms with Crippen molar-refractivity contribution in [3.05, 3.63) is 11.8 Å². The zero-order valence-electron chi connectivity index (χ0n) is 7.71. The highest BCUT2D eigenvalue weighted by Crippen LogP contribution is 2.29. The third kappa shape index (κ3) is 2.95. The van der Waals surface area contributed by atoms with Crippen molar-refractivity contribution in [1.82, 2.24) is 4.90 Å². The van der Waals surface area contributed by atoms with Crippen LogP contribution in [0.3, 0.4) is 0 Å². The zero-order valence-corrected chi connectivity index (χ0v) is 7.71. The molecule has 0 spiro atoms. The number of carbonyl (C=O) groups is 1. The molecule has 0 aromatic carbocycles. The second-order valence-corrected chi connectivity index (χ2v) is 3.56. The summed E-state index contributed by atoms with van der Waals surface area (Å²) in [6, 6.07) is 0. The van der Waals surface area contributed by atoms with Gasteiger partial charge in [-0.3, -0.25) is 4.79 Å². The lowest BCUT2D eigenvalue weighted by Crippen LogP contribution is -2.19. The molecular weight excluding hydrogens is 152 g/mol. The van der Waals surface area contributed by atoms with Gasteiger partial charge in [0.15, 0.2) is 0 Å². The molecule has 3 nitrogen and oxygen atoms in total. The largest absolute Gasteiger partial charge is 0.380 e. The van der Waals surface area contributed by atoms with Crippen molar-refractivity contribution in [3.8, 4) is 0 Å². The molecule has 1 aliphatic rings. The van der Waals surface area contributed by atoms with Gasteiger partial charge in [-0.25, -0.2) is 0 Å². The quantitative estimate of drug-likeness (QED) is 0.629. The number of nitrogens with zero attached hydrogens (tertiary/aromatic N) is 1. The van der Waals surface area contributed by atoms with Gasteiger partial charge in [0.05, 0.1) is 0 Å². The van der Waals surface area contributed by atoms with Crippen LogP contribution in [0, 0.1) is 5.92 Å². The summed E-state index contributed by atoms with van der Waals surface area (Å²) in [5.74, 6) is 0.504. The molecule has 0 aromatic rings. The number of amides is 1. The number of nitrogens with two attached hydrogens (primary N) is 1. The van der Waals surface area contributed by atoms with E-state index >= 15 is 0 Å². The molecule has 0 aliphatic heterocycles. The van der Waals surface area contributed by atoms with E-state index < -0.39 is 0 Å². The van der Waals surface area contributed by atoms with E-state index in [0.29, 0.717) is 5.57 Å². The lowest BCUT2D eigenvalue weighted by atomic mass is 10.3. The first-order valence-electron chi connectivity index (χ1n) is 4.28. The second-order valence-electron chi connectivity index (χ2n) is 3.56. The molecular formula is C9H16N2O. The van der Waals surface area contributed by atoms with Gasteiger partial charge in [0.2, 0.25) is 5.91 Å². The highest BCUT2D eigenvalue weighted by atomic mass is 16.1. The SMILES string of the molecule is C/C(=C\N(C)CC1CC1)C(N)=O. The maximum atomic E-state index is 10.7. The van der Waals surface area contributed by atoms with Crippen LogP contribution < -0.4 is 5.73 Å². The molecule has 0 bridgehead atoms. The van der Waals surface area contributed by atoms with Crippen LogP contribution in [-0.2, 0) is 4.79 Å². The highest BCUT2D eigenvalue weighted by Gasteiger charge is 2.21. The maximum absolute atomic E-state index is 10.7. The number of rotatable bonds is 4. The van der Waals surface area contributed by atoms with E-state index in [1.54, 1.807) is 6.92 Å². The summed E-state index contributed by atoms with van der Waals surface area (Å²) in [7, 11) is 1.98. The van der Waals surface area contributed by atoms with Gasteiger partial charge in [0, 0.05) is 25.4 Å². The van der Waals surface area contributed by atoms with E-state index in [1.165, 1.54) is 12.8 Å². The lowest BCUT2D eigenvalue weighted by Gasteiger charge is -2.13. The molecule has 0 unspecified atom stereocenters. The van der Waals surface area contributed by atoms with Crippen LogP contribution in [0.15, 0.2) is 11.8 Å². The number of hydrogen-bond donors (Lipinski definition) is 1. The zero-order chi connectivity index (χ0) is 9.14. The Kier molecular flexibility index (Phi) is 2.74. The Balaban J connectivity index is 2.35. The normalized spacial score (nSPS) is 17.7. The first kappa shape index (κ1) is 9.10. The Morgan fingerprint density at radius 3 is 2.67 bits per heavy atom. The van der Waals surface area contributed by atoms with Crippen molar-refractivity contribution >= 4 is 5.91 Å². The fourth-order valence-electron chi connectivity index (χ4n) is 1.15. The van der Waals surface area contributed by atoms with Crippen molar-refractivity contribution in [2.24, 2.45) is 11.7 Å².